The van der Waals surface area contributed by atoms with Gasteiger partial charge >= 0.3 is 0 Å². The van der Waals surface area contributed by atoms with Crippen LogP contribution in [-0.2, 0) is 0 Å². The molecule has 4 nitrogen and oxygen atoms in total. The lowest BCUT2D eigenvalue weighted by Crippen LogP contribution is -2.12. The van der Waals surface area contributed by atoms with Crippen LogP contribution in [0.5, 0.6) is 0 Å². The molecule has 78 valence electrons. The number of aromatic nitrogens is 1. The molecular formula is C11H13N3O. The molecule has 3 N–H and O–H groups in total. The van der Waals surface area contributed by atoms with Crippen LogP contribution in [0.2, 0.25) is 0 Å². The van der Waals surface area contributed by atoms with Gasteiger partial charge in [-0.3, -0.25) is 0 Å². The highest BCUT2D eigenvalue weighted by molar-refractivity contribution is 5.76. The Morgan fingerprint density at radius 3 is 3.20 bits per heavy atom. The standard InChI is InChI=1S/C11H13N3O/c12-7-3-4-10-9(6-7)14-11(15-10)8-2-1-5-13-8/h3-4,6,8,13H,1-2,5,12H2/t8-/m0/s1. The van der Waals surface area contributed by atoms with Crippen LogP contribution in [0.4, 0.5) is 5.69 Å². The molecule has 1 fully saturated rings. The quantitative estimate of drug-likeness (QED) is 0.694. The third kappa shape index (κ3) is 1.47. The summed E-state index contributed by atoms with van der Waals surface area (Å²) < 4.78 is 5.68. The number of nitrogens with two attached hydrogens (primary N) is 1. The molecule has 2 heterocycles. The van der Waals surface area contributed by atoms with Crippen LogP contribution >= 0.6 is 0 Å². The largest absolute Gasteiger partial charge is 0.439 e. The summed E-state index contributed by atoms with van der Waals surface area (Å²) in [4.78, 5) is 4.45. The maximum absolute atomic E-state index is 5.69. The monoisotopic (exact) mass is 203 g/mol. The van der Waals surface area contributed by atoms with Crippen molar-refractivity contribution in [1.82, 2.24) is 10.3 Å². The van der Waals surface area contributed by atoms with Gasteiger partial charge in [0, 0.05) is 5.69 Å². The zero-order valence-corrected chi connectivity index (χ0v) is 8.36. The van der Waals surface area contributed by atoms with Crippen molar-refractivity contribution in [2.45, 2.75) is 18.9 Å². The van der Waals surface area contributed by atoms with Crippen LogP contribution < -0.4 is 11.1 Å². The van der Waals surface area contributed by atoms with Crippen molar-refractivity contribution in [1.29, 1.82) is 0 Å². The molecule has 1 aliphatic rings. The number of hydrogen-bond donors (Lipinski definition) is 2. The molecule has 1 aromatic carbocycles. The molecule has 0 saturated carbocycles. The smallest absolute Gasteiger partial charge is 0.212 e. The number of benzene rings is 1. The van der Waals surface area contributed by atoms with Gasteiger partial charge in [0.05, 0.1) is 6.04 Å². The second kappa shape index (κ2) is 3.24. The predicted molar refractivity (Wildman–Crippen MR) is 58.4 cm³/mol. The molecule has 15 heavy (non-hydrogen) atoms. The van der Waals surface area contributed by atoms with Crippen LogP contribution in [0.1, 0.15) is 24.8 Å². The fourth-order valence-corrected chi connectivity index (χ4v) is 2.01. The van der Waals surface area contributed by atoms with E-state index in [4.69, 9.17) is 10.2 Å². The highest BCUT2D eigenvalue weighted by Crippen LogP contribution is 2.26. The summed E-state index contributed by atoms with van der Waals surface area (Å²) in [6.07, 6.45) is 2.29. The van der Waals surface area contributed by atoms with Gasteiger partial charge in [0.15, 0.2) is 5.58 Å². The Balaban J connectivity index is 2.05. The van der Waals surface area contributed by atoms with E-state index >= 15 is 0 Å². The fourth-order valence-electron chi connectivity index (χ4n) is 2.01. The van der Waals surface area contributed by atoms with Crippen molar-refractivity contribution in [3.05, 3.63) is 24.1 Å². The van der Waals surface area contributed by atoms with Crippen LogP contribution in [0.15, 0.2) is 22.6 Å². The van der Waals surface area contributed by atoms with Crippen molar-refractivity contribution >= 4 is 16.8 Å². The van der Waals surface area contributed by atoms with Crippen molar-refractivity contribution < 1.29 is 4.42 Å². The first-order valence-corrected chi connectivity index (χ1v) is 5.22. The summed E-state index contributed by atoms with van der Waals surface area (Å²) in [5.74, 6) is 0.785. The number of anilines is 1. The van der Waals surface area contributed by atoms with E-state index in [0.717, 1.165) is 35.6 Å². The molecule has 1 aliphatic heterocycles. The molecule has 3 rings (SSSR count). The molecule has 0 spiro atoms. The first-order chi connectivity index (χ1) is 7.33. The van der Waals surface area contributed by atoms with Crippen molar-refractivity contribution in [2.24, 2.45) is 0 Å². The van der Waals surface area contributed by atoms with Crippen LogP contribution in [0, 0.1) is 0 Å². The lowest BCUT2D eigenvalue weighted by Gasteiger charge is -2.02. The average molecular weight is 203 g/mol. The Morgan fingerprint density at radius 2 is 2.40 bits per heavy atom. The van der Waals surface area contributed by atoms with Crippen LogP contribution in [-0.4, -0.2) is 11.5 Å². The Hall–Kier alpha value is -1.55. The van der Waals surface area contributed by atoms with E-state index in [1.54, 1.807) is 0 Å². The molecule has 2 aromatic rings. The van der Waals surface area contributed by atoms with E-state index in [1.807, 2.05) is 18.2 Å². The number of nitrogens with one attached hydrogen (secondary N) is 1. The van der Waals surface area contributed by atoms with Gasteiger partial charge in [-0.2, -0.15) is 0 Å². The number of fused-ring (bicyclic) bond motifs is 1. The van der Waals surface area contributed by atoms with Gasteiger partial charge in [-0.15, -0.1) is 0 Å². The third-order valence-corrected chi connectivity index (χ3v) is 2.79. The van der Waals surface area contributed by atoms with E-state index < -0.39 is 0 Å². The Bertz CT molecular complexity index is 486. The van der Waals surface area contributed by atoms with Gasteiger partial charge in [0.2, 0.25) is 5.89 Å². The molecule has 0 amide bonds. The maximum Gasteiger partial charge on any atom is 0.212 e. The van der Waals surface area contributed by atoms with E-state index in [-0.39, 0.29) is 6.04 Å². The highest BCUT2D eigenvalue weighted by atomic mass is 16.3. The number of hydrogen-bond acceptors (Lipinski definition) is 4. The summed E-state index contributed by atoms with van der Waals surface area (Å²) >= 11 is 0. The Morgan fingerprint density at radius 1 is 1.47 bits per heavy atom. The first-order valence-electron chi connectivity index (χ1n) is 5.22. The van der Waals surface area contributed by atoms with E-state index in [0.29, 0.717) is 0 Å². The molecule has 4 heteroatoms. The fraction of sp³-hybridized carbons (Fsp3) is 0.364. The van der Waals surface area contributed by atoms with Gasteiger partial charge in [0.1, 0.15) is 5.52 Å². The van der Waals surface area contributed by atoms with Crippen molar-refractivity contribution in [3.63, 3.8) is 0 Å². The number of rotatable bonds is 1. The summed E-state index contributed by atoms with van der Waals surface area (Å²) in [5, 5.41) is 3.36. The minimum Gasteiger partial charge on any atom is -0.439 e. The minimum atomic E-state index is 0.277. The van der Waals surface area contributed by atoms with E-state index in [9.17, 15) is 0 Å². The van der Waals surface area contributed by atoms with Gasteiger partial charge in [-0.25, -0.2) is 4.98 Å². The predicted octanol–water partition coefficient (Wildman–Crippen LogP) is 1.83. The zero-order valence-electron chi connectivity index (χ0n) is 8.36. The second-order valence-electron chi connectivity index (χ2n) is 3.93. The normalized spacial score (nSPS) is 21.2. The van der Waals surface area contributed by atoms with Gasteiger partial charge < -0.3 is 15.5 Å². The molecular weight excluding hydrogens is 190 g/mol. The molecule has 1 atom stereocenters. The molecule has 0 unspecified atom stereocenters. The number of nitrogens with zero attached hydrogens (tertiary/aromatic N) is 1. The molecule has 1 aromatic heterocycles. The summed E-state index contributed by atoms with van der Waals surface area (Å²) in [5.41, 5.74) is 8.07. The SMILES string of the molecule is Nc1ccc2oc([C@@H]3CCCN3)nc2c1. The topological polar surface area (TPSA) is 64.1 Å². The van der Waals surface area contributed by atoms with Gasteiger partial charge in [-0.05, 0) is 37.6 Å². The average Bonchev–Trinajstić information content (AvgIpc) is 2.84. The maximum atomic E-state index is 5.69. The number of nitrogen functional groups attached to an aromatic ring is 1. The molecule has 0 radical (unpaired) electrons. The highest BCUT2D eigenvalue weighted by Gasteiger charge is 2.21. The zero-order chi connectivity index (χ0) is 10.3. The minimum absolute atomic E-state index is 0.277. The molecule has 0 bridgehead atoms. The third-order valence-electron chi connectivity index (χ3n) is 2.79. The van der Waals surface area contributed by atoms with Gasteiger partial charge in [0.25, 0.3) is 0 Å². The molecule has 0 aliphatic carbocycles. The van der Waals surface area contributed by atoms with Crippen LogP contribution in [0.3, 0.4) is 0 Å². The summed E-state index contributed by atoms with van der Waals surface area (Å²) in [6, 6.07) is 5.82. The van der Waals surface area contributed by atoms with E-state index in [2.05, 4.69) is 10.3 Å². The summed E-state index contributed by atoms with van der Waals surface area (Å²) in [7, 11) is 0. The first kappa shape index (κ1) is 8.73. The Kier molecular flexibility index (Phi) is 1.89. The van der Waals surface area contributed by atoms with E-state index in [1.165, 1.54) is 6.42 Å². The van der Waals surface area contributed by atoms with Crippen molar-refractivity contribution in [2.75, 3.05) is 12.3 Å². The lowest BCUT2D eigenvalue weighted by atomic mass is 10.2. The Labute approximate surface area is 87.5 Å². The second-order valence-corrected chi connectivity index (χ2v) is 3.93. The van der Waals surface area contributed by atoms with Gasteiger partial charge in [-0.1, -0.05) is 0 Å². The molecule has 1 saturated heterocycles. The number of oxazole rings is 1. The summed E-state index contributed by atoms with van der Waals surface area (Å²) in [6.45, 7) is 1.05. The van der Waals surface area contributed by atoms with Crippen molar-refractivity contribution in [3.8, 4) is 0 Å². The van der Waals surface area contributed by atoms with Crippen LogP contribution in [0.25, 0.3) is 11.1 Å². The lowest BCUT2D eigenvalue weighted by molar-refractivity contribution is 0.452.